The first-order valence-corrected chi connectivity index (χ1v) is 11.2. The Morgan fingerprint density at radius 3 is 2.16 bits per heavy atom. The van der Waals surface area contributed by atoms with Gasteiger partial charge in [-0.3, -0.25) is 9.59 Å². The number of ether oxygens (including phenoxy) is 1. The summed E-state index contributed by atoms with van der Waals surface area (Å²) >= 11 is 17.7. The van der Waals surface area contributed by atoms with Crippen LogP contribution in [0.5, 0.6) is 11.5 Å². The van der Waals surface area contributed by atoms with Crippen LogP contribution in [0.4, 0.5) is 24.5 Å². The van der Waals surface area contributed by atoms with Gasteiger partial charge in [0.1, 0.15) is 22.2 Å². The molecule has 2 N–H and O–H groups in total. The average molecular weight is 572 g/mol. The molecule has 1 aliphatic rings. The number of aromatic hydroxyl groups is 1. The minimum Gasteiger partial charge on any atom is -0.506 e. The van der Waals surface area contributed by atoms with E-state index in [0.717, 1.165) is 12.1 Å². The predicted molar refractivity (Wildman–Crippen MR) is 130 cm³/mol. The van der Waals surface area contributed by atoms with E-state index in [0.29, 0.717) is 17.0 Å². The van der Waals surface area contributed by atoms with Gasteiger partial charge in [0.15, 0.2) is 0 Å². The maximum Gasteiger partial charge on any atom is 0.416 e. The Labute approximate surface area is 221 Å². The van der Waals surface area contributed by atoms with Crippen molar-refractivity contribution in [3.63, 3.8) is 0 Å². The quantitative estimate of drug-likeness (QED) is 0.210. The number of rotatable bonds is 5. The van der Waals surface area contributed by atoms with Crippen LogP contribution in [0.15, 0.2) is 71.4 Å². The summed E-state index contributed by atoms with van der Waals surface area (Å²) in [6.07, 6.45) is -4.74. The van der Waals surface area contributed by atoms with Crippen molar-refractivity contribution < 1.29 is 37.4 Å². The third kappa shape index (κ3) is 5.36. The molecule has 0 fully saturated rings. The predicted octanol–water partition coefficient (Wildman–Crippen LogP) is 6.37. The number of nitrogens with zero attached hydrogens (tertiary/aromatic N) is 1. The summed E-state index contributed by atoms with van der Waals surface area (Å²) in [7, 11) is 0. The number of anilines is 2. The molecule has 0 aromatic heterocycles. The van der Waals surface area contributed by atoms with Gasteiger partial charge in [-0.1, -0.05) is 34.8 Å². The molecule has 0 spiro atoms. The van der Waals surface area contributed by atoms with Crippen LogP contribution in [0.3, 0.4) is 0 Å². The molecule has 1 heterocycles. The van der Waals surface area contributed by atoms with Crippen molar-refractivity contribution in [3.8, 4) is 11.5 Å². The first-order chi connectivity index (χ1) is 17.4. The van der Waals surface area contributed by atoms with E-state index < -0.39 is 45.9 Å². The van der Waals surface area contributed by atoms with E-state index in [1.807, 2.05) is 0 Å². The average Bonchev–Trinajstić information content (AvgIpc) is 3.04. The zero-order valence-corrected chi connectivity index (χ0v) is 20.3. The number of imide groups is 1. The second-order valence-corrected chi connectivity index (χ2v) is 8.70. The maximum atomic E-state index is 13.1. The minimum absolute atomic E-state index is 0.0504. The van der Waals surface area contributed by atoms with Crippen LogP contribution in [0.1, 0.15) is 15.9 Å². The van der Waals surface area contributed by atoms with Gasteiger partial charge in [-0.2, -0.15) is 13.2 Å². The highest BCUT2D eigenvalue weighted by atomic mass is 35.5. The van der Waals surface area contributed by atoms with E-state index in [1.165, 1.54) is 36.4 Å². The number of halogens is 6. The molecule has 0 unspecified atom stereocenters. The highest BCUT2D eigenvalue weighted by molar-refractivity contribution is 6.53. The van der Waals surface area contributed by atoms with Gasteiger partial charge in [0.05, 0.1) is 26.9 Å². The molecule has 3 aromatic rings. The van der Waals surface area contributed by atoms with Crippen LogP contribution >= 0.6 is 34.8 Å². The molecule has 3 aromatic carbocycles. The number of benzene rings is 3. The number of nitrogens with one attached hydrogen (secondary N) is 1. The molecule has 37 heavy (non-hydrogen) atoms. The number of carbonyl (C=O) groups excluding carboxylic acids is 3. The zero-order valence-electron chi connectivity index (χ0n) is 18.1. The van der Waals surface area contributed by atoms with Crippen molar-refractivity contribution in [2.45, 2.75) is 6.18 Å². The number of hydrogen-bond acceptors (Lipinski definition) is 6. The Bertz CT molecular complexity index is 1470. The van der Waals surface area contributed by atoms with E-state index in [4.69, 9.17) is 39.5 Å². The molecule has 0 radical (unpaired) electrons. The lowest BCUT2D eigenvalue weighted by Crippen LogP contribution is -2.32. The first-order valence-electron chi connectivity index (χ1n) is 10.1. The third-order valence-corrected chi connectivity index (χ3v) is 6.05. The van der Waals surface area contributed by atoms with Crippen LogP contribution in [0.25, 0.3) is 0 Å². The highest BCUT2D eigenvalue weighted by Crippen LogP contribution is 2.39. The molecule has 2 amide bonds. The summed E-state index contributed by atoms with van der Waals surface area (Å²) in [6.45, 7) is 0. The monoisotopic (exact) mass is 570 g/mol. The smallest absolute Gasteiger partial charge is 0.416 e. The number of phenolic OH excluding ortho intramolecular Hbond substituents is 1. The minimum atomic E-state index is -4.74. The van der Waals surface area contributed by atoms with Gasteiger partial charge in [0.2, 0.25) is 0 Å². The van der Waals surface area contributed by atoms with E-state index in [2.05, 4.69) is 5.32 Å². The third-order valence-electron chi connectivity index (χ3n) is 5.06. The lowest BCUT2D eigenvalue weighted by molar-refractivity contribution is -0.137. The summed E-state index contributed by atoms with van der Waals surface area (Å²) in [5.41, 5.74) is -1.65. The molecule has 0 atom stereocenters. The van der Waals surface area contributed by atoms with Crippen LogP contribution in [0, 0.1) is 0 Å². The van der Waals surface area contributed by atoms with Gasteiger partial charge in [0.25, 0.3) is 11.8 Å². The Kier molecular flexibility index (Phi) is 7.09. The summed E-state index contributed by atoms with van der Waals surface area (Å²) in [6, 6.07) is 11.6. The summed E-state index contributed by atoms with van der Waals surface area (Å²) in [4.78, 5) is 38.4. The Morgan fingerprint density at radius 2 is 1.54 bits per heavy atom. The second kappa shape index (κ2) is 9.97. The number of amides is 2. The maximum absolute atomic E-state index is 13.1. The van der Waals surface area contributed by atoms with Gasteiger partial charge in [-0.15, -0.1) is 0 Å². The van der Waals surface area contributed by atoms with Gasteiger partial charge >= 0.3 is 12.1 Å². The van der Waals surface area contributed by atoms with Crippen LogP contribution in [0.2, 0.25) is 10.0 Å². The van der Waals surface area contributed by atoms with E-state index >= 15 is 0 Å². The fourth-order valence-electron chi connectivity index (χ4n) is 3.25. The first kappa shape index (κ1) is 26.3. The van der Waals surface area contributed by atoms with Crippen molar-refractivity contribution in [3.05, 3.63) is 92.6 Å². The molecule has 1 aliphatic heterocycles. The standard InChI is InChI=1S/C24H12Cl3F3N2O5/c25-15-7-3-12(24(28,29)30)9-17(15)32-21(34)19(27)20(22(32)35)31-13-4-1-11(2-5-13)23(36)37-14-6-8-16(26)18(33)10-14/h1-10,31,33H. The molecular weight excluding hydrogens is 560 g/mol. The number of alkyl halides is 3. The SMILES string of the molecule is O=C(Oc1ccc(Cl)c(O)c1)c1ccc(NC2=C(Cl)C(=O)N(c3cc(C(F)(F)F)ccc3Cl)C2=O)cc1. The Hall–Kier alpha value is -3.73. The molecule has 13 heteroatoms. The molecule has 4 rings (SSSR count). The van der Waals surface area contributed by atoms with Gasteiger partial charge in [0, 0.05) is 11.8 Å². The topological polar surface area (TPSA) is 95.9 Å². The lowest BCUT2D eigenvalue weighted by Gasteiger charge is -2.18. The largest absolute Gasteiger partial charge is 0.506 e. The zero-order chi connectivity index (χ0) is 27.1. The summed E-state index contributed by atoms with van der Waals surface area (Å²) < 4.78 is 44.6. The van der Waals surface area contributed by atoms with Crippen molar-refractivity contribution >= 4 is 64.0 Å². The highest BCUT2D eigenvalue weighted by Gasteiger charge is 2.41. The summed E-state index contributed by atoms with van der Waals surface area (Å²) in [5, 5.41) is 11.5. The second-order valence-electron chi connectivity index (χ2n) is 7.50. The van der Waals surface area contributed by atoms with Crippen molar-refractivity contribution in [1.29, 1.82) is 0 Å². The van der Waals surface area contributed by atoms with E-state index in [-0.39, 0.29) is 32.8 Å². The number of hydrogen-bond donors (Lipinski definition) is 2. The fraction of sp³-hybridized carbons (Fsp3) is 0.0417. The van der Waals surface area contributed by atoms with E-state index in [9.17, 15) is 32.7 Å². The lowest BCUT2D eigenvalue weighted by atomic mass is 10.1. The molecule has 190 valence electrons. The summed E-state index contributed by atoms with van der Waals surface area (Å²) in [5.74, 6) is -3.07. The number of esters is 1. The molecule has 7 nitrogen and oxygen atoms in total. The molecule has 0 saturated carbocycles. The molecule has 0 bridgehead atoms. The van der Waals surface area contributed by atoms with Crippen LogP contribution in [-0.4, -0.2) is 22.9 Å². The van der Waals surface area contributed by atoms with E-state index in [1.54, 1.807) is 0 Å². The van der Waals surface area contributed by atoms with Gasteiger partial charge in [-0.25, -0.2) is 9.69 Å². The Morgan fingerprint density at radius 1 is 0.892 bits per heavy atom. The molecule has 0 aliphatic carbocycles. The normalized spacial score (nSPS) is 13.8. The van der Waals surface area contributed by atoms with Crippen molar-refractivity contribution in [2.75, 3.05) is 10.2 Å². The van der Waals surface area contributed by atoms with Crippen LogP contribution in [-0.2, 0) is 15.8 Å². The van der Waals surface area contributed by atoms with Gasteiger partial charge < -0.3 is 15.2 Å². The molecule has 0 saturated heterocycles. The van der Waals surface area contributed by atoms with Crippen molar-refractivity contribution in [1.82, 2.24) is 0 Å². The number of carbonyl (C=O) groups is 3. The molecular formula is C24H12Cl3F3N2O5. The Balaban J connectivity index is 1.52. The van der Waals surface area contributed by atoms with Crippen LogP contribution < -0.4 is 15.0 Å². The fourth-order valence-corrected chi connectivity index (χ4v) is 3.78. The van der Waals surface area contributed by atoms with Crippen molar-refractivity contribution in [2.24, 2.45) is 0 Å². The van der Waals surface area contributed by atoms with Gasteiger partial charge in [-0.05, 0) is 54.6 Å². The number of phenols is 1.